The highest BCUT2D eigenvalue weighted by Gasteiger charge is 2.31. The van der Waals surface area contributed by atoms with Crippen molar-refractivity contribution in [3.05, 3.63) is 0 Å². The minimum absolute atomic E-state index is 0.0554. The van der Waals surface area contributed by atoms with Gasteiger partial charge in [-0.1, -0.05) is 0 Å². The normalized spacial score (nSPS) is 23.2. The predicted octanol–water partition coefficient (Wildman–Crippen LogP) is 0.112. The molecule has 0 unspecified atom stereocenters. The molecule has 0 aromatic rings. The van der Waals surface area contributed by atoms with Crippen molar-refractivity contribution in [1.29, 1.82) is 0 Å². The Morgan fingerprint density at radius 2 is 2.05 bits per heavy atom. The Morgan fingerprint density at radius 1 is 1.37 bits per heavy atom. The van der Waals surface area contributed by atoms with Crippen LogP contribution in [0.1, 0.15) is 32.1 Å². The number of aliphatic carboxylic acids is 1. The van der Waals surface area contributed by atoms with E-state index in [-0.39, 0.29) is 24.6 Å². The fourth-order valence-corrected chi connectivity index (χ4v) is 3.50. The molecule has 0 aromatic carbocycles. The first kappa shape index (κ1) is 15.9. The summed E-state index contributed by atoms with van der Waals surface area (Å²) in [6, 6.07) is -0.316. The van der Waals surface area contributed by atoms with Gasteiger partial charge in [-0.15, -0.1) is 0 Å². The Balaban J connectivity index is 2.35. The van der Waals surface area contributed by atoms with Gasteiger partial charge in [0.25, 0.3) is 0 Å². The van der Waals surface area contributed by atoms with Gasteiger partial charge in [0.05, 0.1) is 18.8 Å². The van der Waals surface area contributed by atoms with Crippen LogP contribution in [0.4, 0.5) is 0 Å². The van der Waals surface area contributed by atoms with Crippen LogP contribution >= 0.6 is 0 Å². The molecule has 0 spiro atoms. The lowest BCUT2D eigenvalue weighted by molar-refractivity contribution is -0.142. The summed E-state index contributed by atoms with van der Waals surface area (Å²) in [5.74, 6) is -1.95. The van der Waals surface area contributed by atoms with E-state index >= 15 is 0 Å². The van der Waals surface area contributed by atoms with Crippen molar-refractivity contribution in [2.45, 2.75) is 38.1 Å². The van der Waals surface area contributed by atoms with Gasteiger partial charge in [-0.25, -0.2) is 13.1 Å². The van der Waals surface area contributed by atoms with E-state index in [1.54, 1.807) is 0 Å². The molecule has 0 amide bonds. The summed E-state index contributed by atoms with van der Waals surface area (Å²) in [4.78, 5) is 21.6. The van der Waals surface area contributed by atoms with Crippen molar-refractivity contribution in [2.75, 3.05) is 12.9 Å². The van der Waals surface area contributed by atoms with Crippen molar-refractivity contribution in [3.8, 4) is 0 Å². The third-order valence-electron chi connectivity index (χ3n) is 3.15. The molecule has 0 saturated heterocycles. The number of carboxylic acid groups (broad SMARTS) is 1. The quantitative estimate of drug-likeness (QED) is 0.645. The molecule has 19 heavy (non-hydrogen) atoms. The molecule has 0 heterocycles. The number of hydrogen-bond donors (Lipinski definition) is 2. The number of methoxy groups -OCH3 is 1. The van der Waals surface area contributed by atoms with E-state index in [1.165, 1.54) is 7.11 Å². The maximum absolute atomic E-state index is 11.7. The van der Waals surface area contributed by atoms with Crippen molar-refractivity contribution in [1.82, 2.24) is 4.72 Å². The Hall–Kier alpha value is -1.15. The summed E-state index contributed by atoms with van der Waals surface area (Å²) >= 11 is 0. The molecule has 0 aromatic heterocycles. The third-order valence-corrected chi connectivity index (χ3v) is 4.67. The van der Waals surface area contributed by atoms with Crippen molar-refractivity contribution in [2.24, 2.45) is 5.92 Å². The lowest BCUT2D eigenvalue weighted by Crippen LogP contribution is -2.35. The molecule has 1 rings (SSSR count). The molecule has 1 fully saturated rings. The van der Waals surface area contributed by atoms with E-state index in [4.69, 9.17) is 5.11 Å². The number of carbonyl (C=O) groups excluding carboxylic acids is 1. The van der Waals surface area contributed by atoms with E-state index in [0.29, 0.717) is 19.3 Å². The zero-order valence-corrected chi connectivity index (χ0v) is 11.6. The Morgan fingerprint density at radius 3 is 2.58 bits per heavy atom. The van der Waals surface area contributed by atoms with Gasteiger partial charge in [0.2, 0.25) is 10.0 Å². The lowest BCUT2D eigenvalue weighted by Gasteiger charge is -2.12. The minimum atomic E-state index is -3.47. The average Bonchev–Trinajstić information content (AvgIpc) is 2.76. The van der Waals surface area contributed by atoms with Crippen LogP contribution in [0.3, 0.4) is 0 Å². The fraction of sp³-hybridized carbons (Fsp3) is 0.818. The van der Waals surface area contributed by atoms with Crippen LogP contribution in [0.15, 0.2) is 0 Å². The van der Waals surface area contributed by atoms with Crippen LogP contribution in [0.5, 0.6) is 0 Å². The van der Waals surface area contributed by atoms with E-state index < -0.39 is 27.9 Å². The van der Waals surface area contributed by atoms with Crippen LogP contribution in [0.25, 0.3) is 0 Å². The van der Waals surface area contributed by atoms with Gasteiger partial charge in [-0.2, -0.15) is 0 Å². The number of nitrogens with one attached hydrogen (secondary N) is 1. The molecule has 7 nitrogen and oxygen atoms in total. The van der Waals surface area contributed by atoms with E-state index in [1.807, 2.05) is 0 Å². The molecule has 2 atom stereocenters. The number of sulfonamides is 1. The van der Waals surface area contributed by atoms with Crippen molar-refractivity contribution < 1.29 is 27.9 Å². The first-order valence-electron chi connectivity index (χ1n) is 6.13. The topological polar surface area (TPSA) is 110 Å². The highest BCUT2D eigenvalue weighted by molar-refractivity contribution is 7.89. The van der Waals surface area contributed by atoms with Gasteiger partial charge in [0, 0.05) is 12.5 Å². The number of hydrogen-bond acceptors (Lipinski definition) is 5. The highest BCUT2D eigenvalue weighted by Crippen LogP contribution is 2.26. The van der Waals surface area contributed by atoms with Crippen LogP contribution in [0.2, 0.25) is 0 Å². The molecule has 0 radical (unpaired) electrons. The second kappa shape index (κ2) is 6.85. The second-order valence-corrected chi connectivity index (χ2v) is 6.53. The predicted molar refractivity (Wildman–Crippen MR) is 66.9 cm³/mol. The number of rotatable bonds is 7. The standard InChI is InChI=1S/C11H19NO6S/c1-18-10(13)3-2-6-19(16,17)12-9-5-4-8(7-9)11(14)15/h8-9,12H,2-7H2,1H3,(H,14,15)/t8-,9+/m1/s1. The summed E-state index contributed by atoms with van der Waals surface area (Å²) in [5, 5.41) is 8.83. The van der Waals surface area contributed by atoms with Crippen molar-refractivity contribution in [3.63, 3.8) is 0 Å². The smallest absolute Gasteiger partial charge is 0.306 e. The largest absolute Gasteiger partial charge is 0.481 e. The molecule has 1 aliphatic carbocycles. The highest BCUT2D eigenvalue weighted by atomic mass is 32.2. The fourth-order valence-electron chi connectivity index (χ4n) is 2.13. The Labute approximate surface area is 112 Å². The van der Waals surface area contributed by atoms with Gasteiger partial charge >= 0.3 is 11.9 Å². The lowest BCUT2D eigenvalue weighted by atomic mass is 10.1. The van der Waals surface area contributed by atoms with Crippen LogP contribution in [-0.4, -0.2) is 44.4 Å². The van der Waals surface area contributed by atoms with Gasteiger partial charge in [-0.05, 0) is 25.7 Å². The van der Waals surface area contributed by atoms with E-state index in [9.17, 15) is 18.0 Å². The average molecular weight is 293 g/mol. The summed E-state index contributed by atoms with van der Waals surface area (Å²) in [6.45, 7) is 0. The maximum atomic E-state index is 11.7. The van der Waals surface area contributed by atoms with E-state index in [0.717, 1.165) is 0 Å². The van der Waals surface area contributed by atoms with Gasteiger partial charge < -0.3 is 9.84 Å². The summed E-state index contributed by atoms with van der Waals surface area (Å²) in [5.41, 5.74) is 0. The second-order valence-electron chi connectivity index (χ2n) is 4.66. The summed E-state index contributed by atoms with van der Waals surface area (Å²) < 4.78 is 30.4. The Bertz CT molecular complexity index is 432. The molecule has 1 aliphatic rings. The maximum Gasteiger partial charge on any atom is 0.306 e. The third kappa shape index (κ3) is 5.56. The zero-order chi connectivity index (χ0) is 14.5. The molecule has 110 valence electrons. The van der Waals surface area contributed by atoms with Crippen LogP contribution < -0.4 is 4.72 Å². The molecule has 0 bridgehead atoms. The molecule has 0 aliphatic heterocycles. The van der Waals surface area contributed by atoms with Gasteiger partial charge in [0.1, 0.15) is 0 Å². The van der Waals surface area contributed by atoms with Gasteiger partial charge in [-0.3, -0.25) is 9.59 Å². The molecular weight excluding hydrogens is 274 g/mol. The Kier molecular flexibility index (Phi) is 5.74. The van der Waals surface area contributed by atoms with Gasteiger partial charge in [0.15, 0.2) is 0 Å². The molecule has 1 saturated carbocycles. The first-order valence-corrected chi connectivity index (χ1v) is 7.79. The molecular formula is C11H19NO6S. The molecule has 2 N–H and O–H groups in total. The first-order chi connectivity index (χ1) is 8.84. The summed E-state index contributed by atoms with van der Waals surface area (Å²) in [6.07, 6.45) is 1.60. The molecule has 8 heteroatoms. The van der Waals surface area contributed by atoms with Crippen LogP contribution in [-0.2, 0) is 24.3 Å². The monoisotopic (exact) mass is 293 g/mol. The number of carbonyl (C=O) groups is 2. The minimum Gasteiger partial charge on any atom is -0.481 e. The number of carboxylic acids is 1. The number of esters is 1. The SMILES string of the molecule is COC(=O)CCCS(=O)(=O)N[C@H]1CC[C@@H](C(=O)O)C1. The number of ether oxygens (including phenoxy) is 1. The van der Waals surface area contributed by atoms with E-state index in [2.05, 4.69) is 9.46 Å². The van der Waals surface area contributed by atoms with Crippen LogP contribution in [0, 0.1) is 5.92 Å². The van der Waals surface area contributed by atoms with Crippen molar-refractivity contribution >= 4 is 22.0 Å². The summed E-state index contributed by atoms with van der Waals surface area (Å²) in [7, 11) is -2.22. The zero-order valence-electron chi connectivity index (χ0n) is 10.8.